The van der Waals surface area contributed by atoms with Gasteiger partial charge in [0.25, 0.3) is 0 Å². The molecule has 2 rings (SSSR count). The number of rotatable bonds is 5. The third-order valence-electron chi connectivity index (χ3n) is 3.27. The number of aliphatic hydroxyl groups is 1. The van der Waals surface area contributed by atoms with Gasteiger partial charge in [0.15, 0.2) is 11.5 Å². The summed E-state index contributed by atoms with van der Waals surface area (Å²) in [6, 6.07) is 12.6. The molecule has 5 N–H and O–H groups in total. The molecule has 0 spiro atoms. The van der Waals surface area contributed by atoms with E-state index in [1.807, 2.05) is 6.07 Å². The van der Waals surface area contributed by atoms with Crippen LogP contribution in [-0.2, 0) is 20.7 Å². The molecule has 0 aliphatic heterocycles. The summed E-state index contributed by atoms with van der Waals surface area (Å²) in [6.45, 7) is 0. The Hall–Kier alpha value is -3.16. The molecule has 0 aliphatic rings. The van der Waals surface area contributed by atoms with E-state index in [1.54, 1.807) is 24.3 Å². The molecule has 2 aromatic carbocycles. The van der Waals surface area contributed by atoms with Gasteiger partial charge in [0.05, 0.1) is 0 Å². The maximum absolute atomic E-state index is 11.9. The van der Waals surface area contributed by atoms with Crippen LogP contribution in [0.15, 0.2) is 54.6 Å². The molecule has 0 aromatic heterocycles. The zero-order valence-electron chi connectivity index (χ0n) is 13.1. The van der Waals surface area contributed by atoms with Crippen LogP contribution in [0.4, 0.5) is 0 Å². The minimum atomic E-state index is -2.47. The quantitative estimate of drug-likeness (QED) is 0.210. The lowest BCUT2D eigenvalue weighted by atomic mass is 10.0. The number of hydrogen-bond acceptors (Lipinski definition) is 7. The molecule has 7 heteroatoms. The van der Waals surface area contributed by atoms with Gasteiger partial charge >= 0.3 is 11.9 Å². The summed E-state index contributed by atoms with van der Waals surface area (Å²) in [4.78, 5) is 23.5. The van der Waals surface area contributed by atoms with E-state index in [1.165, 1.54) is 18.2 Å². The molecule has 0 saturated carbocycles. The molecule has 0 radical (unpaired) electrons. The Kier molecular flexibility index (Phi) is 5.53. The van der Waals surface area contributed by atoms with Gasteiger partial charge in [0, 0.05) is 12.5 Å². The van der Waals surface area contributed by atoms with Crippen molar-refractivity contribution in [2.45, 2.75) is 12.1 Å². The molecule has 0 unspecified atom stereocenters. The molecule has 0 aliphatic carbocycles. The highest BCUT2D eigenvalue weighted by Gasteiger charge is 2.35. The zero-order valence-corrected chi connectivity index (χ0v) is 13.1. The number of phenols is 2. The molecule has 0 heterocycles. The van der Waals surface area contributed by atoms with E-state index >= 15 is 0 Å². The van der Waals surface area contributed by atoms with Crippen LogP contribution in [0.3, 0.4) is 0 Å². The van der Waals surface area contributed by atoms with Crippen LogP contribution < -0.4 is 5.73 Å². The van der Waals surface area contributed by atoms with E-state index in [9.17, 15) is 24.9 Å². The Labute approximate surface area is 143 Å². The summed E-state index contributed by atoms with van der Waals surface area (Å²) in [5.74, 6) is -3.09. The standard InChI is InChI=1S/C18H17NO6/c19-18(24,11-13-6-8-14(20)15(21)10-13)17(23)25-16(22)9-7-12-4-2-1-3-5-12/h1-10,20-21,24H,11,19H2/t18-/m1/s1. The Morgan fingerprint density at radius 1 is 1.08 bits per heavy atom. The number of ether oxygens (including phenoxy) is 1. The fourth-order valence-electron chi connectivity index (χ4n) is 2.00. The van der Waals surface area contributed by atoms with Crippen molar-refractivity contribution >= 4 is 18.0 Å². The van der Waals surface area contributed by atoms with Crippen molar-refractivity contribution in [3.63, 3.8) is 0 Å². The van der Waals surface area contributed by atoms with Gasteiger partial charge < -0.3 is 20.1 Å². The van der Waals surface area contributed by atoms with Gasteiger partial charge in [-0.25, -0.2) is 9.59 Å². The number of hydrogen-bond donors (Lipinski definition) is 4. The fourth-order valence-corrected chi connectivity index (χ4v) is 2.00. The summed E-state index contributed by atoms with van der Waals surface area (Å²) in [7, 11) is 0. The average Bonchev–Trinajstić information content (AvgIpc) is 2.57. The molecule has 130 valence electrons. The van der Waals surface area contributed by atoms with Crippen LogP contribution in [0.25, 0.3) is 6.08 Å². The summed E-state index contributed by atoms with van der Waals surface area (Å²) in [6.07, 6.45) is 2.06. The smallest absolute Gasteiger partial charge is 0.361 e. The second-order valence-corrected chi connectivity index (χ2v) is 5.38. The predicted octanol–water partition coefficient (Wildman–Crippen LogP) is 1.07. The van der Waals surface area contributed by atoms with Gasteiger partial charge in [0.2, 0.25) is 5.72 Å². The van der Waals surface area contributed by atoms with E-state index in [0.29, 0.717) is 0 Å². The lowest BCUT2D eigenvalue weighted by molar-refractivity contribution is -0.171. The van der Waals surface area contributed by atoms with E-state index in [0.717, 1.165) is 17.7 Å². The van der Waals surface area contributed by atoms with Crippen LogP contribution in [0.1, 0.15) is 11.1 Å². The van der Waals surface area contributed by atoms with Crippen molar-refractivity contribution in [2.24, 2.45) is 5.73 Å². The molecule has 2 aromatic rings. The highest BCUT2D eigenvalue weighted by atomic mass is 16.6. The molecule has 25 heavy (non-hydrogen) atoms. The Balaban J connectivity index is 1.99. The van der Waals surface area contributed by atoms with Crippen molar-refractivity contribution in [1.82, 2.24) is 0 Å². The van der Waals surface area contributed by atoms with Gasteiger partial charge in [-0.15, -0.1) is 0 Å². The van der Waals surface area contributed by atoms with Crippen LogP contribution in [0.5, 0.6) is 11.5 Å². The highest BCUT2D eigenvalue weighted by Crippen LogP contribution is 2.26. The highest BCUT2D eigenvalue weighted by molar-refractivity contribution is 5.97. The second-order valence-electron chi connectivity index (χ2n) is 5.38. The van der Waals surface area contributed by atoms with Gasteiger partial charge in [-0.3, -0.25) is 5.73 Å². The monoisotopic (exact) mass is 343 g/mol. The predicted molar refractivity (Wildman–Crippen MR) is 89.2 cm³/mol. The van der Waals surface area contributed by atoms with E-state index in [4.69, 9.17) is 5.73 Å². The molecule has 1 atom stereocenters. The minimum absolute atomic E-state index is 0.268. The second kappa shape index (κ2) is 7.61. The van der Waals surface area contributed by atoms with Crippen molar-refractivity contribution in [3.8, 4) is 11.5 Å². The topological polar surface area (TPSA) is 130 Å². The lowest BCUT2D eigenvalue weighted by Crippen LogP contribution is -2.51. The summed E-state index contributed by atoms with van der Waals surface area (Å²) >= 11 is 0. The number of carbonyl (C=O) groups excluding carboxylic acids is 2. The lowest BCUT2D eigenvalue weighted by Gasteiger charge is -2.20. The third kappa shape index (κ3) is 5.17. The average molecular weight is 343 g/mol. The summed E-state index contributed by atoms with van der Waals surface area (Å²) in [5, 5.41) is 28.7. The van der Waals surface area contributed by atoms with Gasteiger partial charge in [-0.05, 0) is 29.3 Å². The number of aromatic hydroxyl groups is 2. The van der Waals surface area contributed by atoms with Crippen LogP contribution in [0.2, 0.25) is 0 Å². The van der Waals surface area contributed by atoms with Crippen molar-refractivity contribution in [1.29, 1.82) is 0 Å². The summed E-state index contributed by atoms with van der Waals surface area (Å²) in [5.41, 5.74) is 4.02. The number of carbonyl (C=O) groups is 2. The first-order valence-corrected chi connectivity index (χ1v) is 7.29. The molecule has 7 nitrogen and oxygen atoms in total. The van der Waals surface area contributed by atoms with Gasteiger partial charge in [-0.1, -0.05) is 36.4 Å². The molecule has 0 fully saturated rings. The minimum Gasteiger partial charge on any atom is -0.504 e. The van der Waals surface area contributed by atoms with Crippen molar-refractivity contribution in [3.05, 3.63) is 65.7 Å². The third-order valence-corrected chi connectivity index (χ3v) is 3.27. The van der Waals surface area contributed by atoms with Crippen LogP contribution >= 0.6 is 0 Å². The first-order valence-electron chi connectivity index (χ1n) is 7.29. The first kappa shape index (κ1) is 18.2. The number of phenolic OH excluding ortho intramolecular Hbond substituents is 2. The Morgan fingerprint density at radius 2 is 1.76 bits per heavy atom. The van der Waals surface area contributed by atoms with Gasteiger partial charge in [0.1, 0.15) is 0 Å². The first-order chi connectivity index (χ1) is 11.8. The molecule has 0 amide bonds. The molecular weight excluding hydrogens is 326 g/mol. The number of esters is 2. The molecular formula is C18H17NO6. The van der Waals surface area contributed by atoms with Crippen molar-refractivity contribution in [2.75, 3.05) is 0 Å². The normalized spacial score (nSPS) is 13.4. The SMILES string of the molecule is N[C@@](O)(Cc1ccc(O)c(O)c1)C(=O)OC(=O)C=Cc1ccccc1. The summed E-state index contributed by atoms with van der Waals surface area (Å²) < 4.78 is 4.51. The Bertz CT molecular complexity index is 798. The van der Waals surface area contributed by atoms with E-state index in [-0.39, 0.29) is 11.3 Å². The van der Waals surface area contributed by atoms with Gasteiger partial charge in [-0.2, -0.15) is 0 Å². The molecule has 0 bridgehead atoms. The Morgan fingerprint density at radius 3 is 2.40 bits per heavy atom. The largest absolute Gasteiger partial charge is 0.504 e. The van der Waals surface area contributed by atoms with Crippen LogP contribution in [0, 0.1) is 0 Å². The van der Waals surface area contributed by atoms with Crippen LogP contribution in [-0.4, -0.2) is 33.0 Å². The fraction of sp³-hybridized carbons (Fsp3) is 0.111. The maximum Gasteiger partial charge on any atom is 0.361 e. The van der Waals surface area contributed by atoms with Crippen molar-refractivity contribution < 1.29 is 29.6 Å². The number of benzene rings is 2. The van der Waals surface area contributed by atoms with E-state index in [2.05, 4.69) is 4.74 Å². The van der Waals surface area contributed by atoms with E-state index < -0.39 is 29.8 Å². The molecule has 0 saturated heterocycles. The number of nitrogens with two attached hydrogens (primary N) is 1. The maximum atomic E-state index is 11.9. The zero-order chi connectivity index (χ0) is 18.4.